The van der Waals surface area contributed by atoms with Crippen molar-refractivity contribution in [3.05, 3.63) is 30.1 Å². The lowest BCUT2D eigenvalue weighted by molar-refractivity contribution is 0.135. The van der Waals surface area contributed by atoms with E-state index in [1.54, 1.807) is 6.20 Å². The molecule has 3 N–H and O–H groups in total. The molecule has 1 aliphatic carbocycles. The average Bonchev–Trinajstić information content (AvgIpc) is 2.46. The number of urea groups is 1. The van der Waals surface area contributed by atoms with Crippen molar-refractivity contribution in [3.63, 3.8) is 0 Å². The van der Waals surface area contributed by atoms with Gasteiger partial charge in [-0.25, -0.2) is 4.79 Å². The van der Waals surface area contributed by atoms with Crippen molar-refractivity contribution in [2.24, 2.45) is 5.92 Å². The second kappa shape index (κ2) is 7.58. The van der Waals surface area contributed by atoms with Crippen LogP contribution in [0.1, 0.15) is 51.0 Å². The van der Waals surface area contributed by atoms with Crippen LogP contribution in [0.2, 0.25) is 0 Å². The summed E-state index contributed by atoms with van der Waals surface area (Å²) in [6, 6.07) is 3.84. The van der Waals surface area contributed by atoms with Gasteiger partial charge in [0.15, 0.2) is 0 Å². The molecule has 1 aromatic heterocycles. The summed E-state index contributed by atoms with van der Waals surface area (Å²) in [4.78, 5) is 16.3. The van der Waals surface area contributed by atoms with Crippen LogP contribution in [0.25, 0.3) is 0 Å². The smallest absolute Gasteiger partial charge is 0.315 e. The van der Waals surface area contributed by atoms with E-state index in [4.69, 9.17) is 5.11 Å². The Hall–Kier alpha value is -1.62. The van der Waals surface area contributed by atoms with E-state index < -0.39 is 0 Å². The minimum absolute atomic E-state index is 0.116. The van der Waals surface area contributed by atoms with E-state index in [9.17, 15) is 4.79 Å². The van der Waals surface area contributed by atoms with E-state index in [-0.39, 0.29) is 24.1 Å². The molecular weight excluding hydrogens is 278 g/mol. The molecule has 22 heavy (non-hydrogen) atoms. The molecule has 122 valence electrons. The van der Waals surface area contributed by atoms with E-state index in [2.05, 4.69) is 35.5 Å². The highest BCUT2D eigenvalue weighted by atomic mass is 16.3. The topological polar surface area (TPSA) is 74.2 Å². The summed E-state index contributed by atoms with van der Waals surface area (Å²) in [5.41, 5.74) is 0.951. The summed E-state index contributed by atoms with van der Waals surface area (Å²) in [5.74, 6) is 0.661. The lowest BCUT2D eigenvalue weighted by atomic mass is 9.74. The van der Waals surface area contributed by atoms with Crippen LogP contribution < -0.4 is 10.6 Å². The Bertz CT molecular complexity index is 472. The van der Waals surface area contributed by atoms with Gasteiger partial charge in [0, 0.05) is 37.0 Å². The standard InChI is InChI=1S/C17H27N3O2/c1-13(2)15(14-5-3-9-18-11-14)12-19-16(22)20-17(8-10-21)6-4-7-17/h3,5,9,11,13,15,21H,4,6-8,10,12H2,1-2H3,(H2,19,20,22)/t15-/m0/s1. The molecule has 0 radical (unpaired) electrons. The molecular formula is C17H27N3O2. The van der Waals surface area contributed by atoms with Gasteiger partial charge in [-0.05, 0) is 43.2 Å². The highest BCUT2D eigenvalue weighted by molar-refractivity contribution is 5.75. The molecule has 5 heteroatoms. The Kier molecular flexibility index (Phi) is 5.77. The third kappa shape index (κ3) is 4.19. The molecule has 0 aliphatic heterocycles. The van der Waals surface area contributed by atoms with Crippen molar-refractivity contribution in [2.75, 3.05) is 13.2 Å². The number of hydrogen-bond acceptors (Lipinski definition) is 3. The van der Waals surface area contributed by atoms with Crippen LogP contribution in [0, 0.1) is 5.92 Å². The SMILES string of the molecule is CC(C)[C@H](CNC(=O)NC1(CCO)CCC1)c1cccnc1. The van der Waals surface area contributed by atoms with Crippen molar-refractivity contribution >= 4 is 6.03 Å². The van der Waals surface area contributed by atoms with Crippen LogP contribution in [-0.2, 0) is 0 Å². The number of carbonyl (C=O) groups is 1. The molecule has 0 aromatic carbocycles. The maximum absolute atomic E-state index is 12.2. The number of rotatable bonds is 7. The zero-order valence-electron chi connectivity index (χ0n) is 13.5. The summed E-state index contributed by atoms with van der Waals surface area (Å²) in [7, 11) is 0. The number of nitrogens with zero attached hydrogens (tertiary/aromatic N) is 1. The molecule has 0 unspecified atom stereocenters. The molecule has 1 heterocycles. The number of amides is 2. The first-order valence-corrected chi connectivity index (χ1v) is 8.13. The third-order valence-corrected chi connectivity index (χ3v) is 4.68. The first kappa shape index (κ1) is 16.7. The second-order valence-electron chi connectivity index (χ2n) is 6.58. The fraction of sp³-hybridized carbons (Fsp3) is 0.647. The number of pyridine rings is 1. The molecule has 0 spiro atoms. The van der Waals surface area contributed by atoms with Gasteiger partial charge >= 0.3 is 6.03 Å². The van der Waals surface area contributed by atoms with Crippen LogP contribution in [0.3, 0.4) is 0 Å². The summed E-state index contributed by atoms with van der Waals surface area (Å²) in [5, 5.41) is 15.2. The highest BCUT2D eigenvalue weighted by Crippen LogP contribution is 2.34. The Balaban J connectivity index is 1.88. The monoisotopic (exact) mass is 305 g/mol. The average molecular weight is 305 g/mol. The van der Waals surface area contributed by atoms with Gasteiger partial charge in [-0.1, -0.05) is 19.9 Å². The fourth-order valence-electron chi connectivity index (χ4n) is 3.08. The molecule has 2 rings (SSSR count). The van der Waals surface area contributed by atoms with Crippen molar-refractivity contribution in [1.29, 1.82) is 0 Å². The Morgan fingerprint density at radius 2 is 2.23 bits per heavy atom. The van der Waals surface area contributed by atoms with Gasteiger partial charge in [0.25, 0.3) is 0 Å². The lowest BCUT2D eigenvalue weighted by Crippen LogP contribution is -2.57. The third-order valence-electron chi connectivity index (χ3n) is 4.68. The van der Waals surface area contributed by atoms with Crippen molar-refractivity contribution in [2.45, 2.75) is 51.0 Å². The van der Waals surface area contributed by atoms with Gasteiger partial charge in [-0.2, -0.15) is 0 Å². The van der Waals surface area contributed by atoms with Crippen LogP contribution in [0.4, 0.5) is 4.79 Å². The molecule has 1 aliphatic rings. The maximum Gasteiger partial charge on any atom is 0.315 e. The predicted molar refractivity (Wildman–Crippen MR) is 86.6 cm³/mol. The maximum atomic E-state index is 12.2. The van der Waals surface area contributed by atoms with Gasteiger partial charge in [0.05, 0.1) is 0 Å². The molecule has 2 amide bonds. The minimum Gasteiger partial charge on any atom is -0.396 e. The second-order valence-corrected chi connectivity index (χ2v) is 6.58. The van der Waals surface area contributed by atoms with Crippen LogP contribution in [-0.4, -0.2) is 34.8 Å². The zero-order chi connectivity index (χ0) is 16.0. The van der Waals surface area contributed by atoms with E-state index in [0.717, 1.165) is 24.8 Å². The van der Waals surface area contributed by atoms with E-state index in [0.29, 0.717) is 18.9 Å². The summed E-state index contributed by atoms with van der Waals surface area (Å²) < 4.78 is 0. The molecule has 1 fully saturated rings. The minimum atomic E-state index is -0.194. The number of aliphatic hydroxyl groups excluding tert-OH is 1. The van der Waals surface area contributed by atoms with Gasteiger partial charge in [0.1, 0.15) is 0 Å². The number of nitrogens with one attached hydrogen (secondary N) is 2. The molecule has 5 nitrogen and oxygen atoms in total. The van der Waals surface area contributed by atoms with Crippen LogP contribution in [0.15, 0.2) is 24.5 Å². The van der Waals surface area contributed by atoms with Gasteiger partial charge in [-0.3, -0.25) is 4.98 Å². The van der Waals surface area contributed by atoms with E-state index in [1.165, 1.54) is 0 Å². The highest BCUT2D eigenvalue weighted by Gasteiger charge is 2.37. The fourth-order valence-corrected chi connectivity index (χ4v) is 3.08. The van der Waals surface area contributed by atoms with Crippen LogP contribution >= 0.6 is 0 Å². The quantitative estimate of drug-likeness (QED) is 0.724. The largest absolute Gasteiger partial charge is 0.396 e. The van der Waals surface area contributed by atoms with Crippen molar-refractivity contribution in [3.8, 4) is 0 Å². The van der Waals surface area contributed by atoms with Gasteiger partial charge < -0.3 is 15.7 Å². The number of carbonyl (C=O) groups excluding carboxylic acids is 1. The van der Waals surface area contributed by atoms with Crippen molar-refractivity contribution < 1.29 is 9.90 Å². The van der Waals surface area contributed by atoms with Gasteiger partial charge in [0.2, 0.25) is 0 Å². The molecule has 1 atom stereocenters. The molecule has 0 saturated heterocycles. The number of aliphatic hydroxyl groups is 1. The lowest BCUT2D eigenvalue weighted by Gasteiger charge is -2.42. The number of hydrogen-bond donors (Lipinski definition) is 3. The summed E-state index contributed by atoms with van der Waals surface area (Å²) in [6.07, 6.45) is 7.29. The van der Waals surface area contributed by atoms with E-state index >= 15 is 0 Å². The Morgan fingerprint density at radius 3 is 2.73 bits per heavy atom. The Morgan fingerprint density at radius 1 is 1.45 bits per heavy atom. The number of aromatic nitrogens is 1. The summed E-state index contributed by atoms with van der Waals surface area (Å²) >= 11 is 0. The first-order chi connectivity index (χ1) is 10.6. The van der Waals surface area contributed by atoms with Crippen molar-refractivity contribution in [1.82, 2.24) is 15.6 Å². The molecule has 1 aromatic rings. The Labute approximate surface area is 132 Å². The van der Waals surface area contributed by atoms with Gasteiger partial charge in [-0.15, -0.1) is 0 Å². The predicted octanol–water partition coefficient (Wildman–Crippen LogP) is 2.43. The normalized spacial score (nSPS) is 17.6. The van der Waals surface area contributed by atoms with Crippen LogP contribution in [0.5, 0.6) is 0 Å². The summed E-state index contributed by atoms with van der Waals surface area (Å²) in [6.45, 7) is 5.00. The van der Waals surface area contributed by atoms with E-state index in [1.807, 2.05) is 12.3 Å². The molecule has 1 saturated carbocycles. The zero-order valence-corrected chi connectivity index (χ0v) is 13.5. The first-order valence-electron chi connectivity index (χ1n) is 8.13. The molecule has 0 bridgehead atoms.